The zero-order valence-corrected chi connectivity index (χ0v) is 19.5. The summed E-state index contributed by atoms with van der Waals surface area (Å²) in [5, 5.41) is 10.1. The number of carboxylic acids is 1. The average Bonchev–Trinajstić information content (AvgIpc) is 2.81. The van der Waals surface area contributed by atoms with Crippen molar-refractivity contribution in [3.05, 3.63) is 76.9 Å². The molecule has 2 aromatic carbocycles. The minimum absolute atomic E-state index is 0.0318. The monoisotopic (exact) mass is 486 g/mol. The van der Waals surface area contributed by atoms with Crippen molar-refractivity contribution < 1.29 is 18.3 Å². The van der Waals surface area contributed by atoms with E-state index < -0.39 is 16.0 Å². The highest BCUT2D eigenvalue weighted by molar-refractivity contribution is 7.92. The molecule has 1 saturated heterocycles. The summed E-state index contributed by atoms with van der Waals surface area (Å²) in [5.74, 6) is -0.242. The summed E-state index contributed by atoms with van der Waals surface area (Å²) in [4.78, 5) is 20.5. The topological polar surface area (TPSA) is 103 Å². The van der Waals surface area contributed by atoms with Crippen LogP contribution in [0.15, 0.2) is 65.7 Å². The SMILES string of the molecule is Cc1c(Cl)cccc1S(=O)(=O)Nc1ccc(N2CCN(c3ccccn3)CC2)c(C(=O)O)c1. The number of carboxylic acid groups (broad SMARTS) is 1. The van der Waals surface area contributed by atoms with Crippen LogP contribution in [0.5, 0.6) is 0 Å². The number of nitrogens with zero attached hydrogens (tertiary/aromatic N) is 3. The average molecular weight is 487 g/mol. The van der Waals surface area contributed by atoms with Gasteiger partial charge < -0.3 is 14.9 Å². The van der Waals surface area contributed by atoms with Gasteiger partial charge in [-0.2, -0.15) is 0 Å². The van der Waals surface area contributed by atoms with Crippen molar-refractivity contribution in [2.45, 2.75) is 11.8 Å². The van der Waals surface area contributed by atoms with E-state index in [1.165, 1.54) is 12.1 Å². The second-order valence-corrected chi connectivity index (χ2v) is 9.73. The first-order chi connectivity index (χ1) is 15.8. The zero-order chi connectivity index (χ0) is 23.6. The standard InChI is InChI=1S/C23H23ClN4O4S/c1-16-19(24)5-4-6-21(16)33(31,32)26-17-8-9-20(18(15-17)23(29)30)27-11-13-28(14-12-27)22-7-2-3-10-25-22/h2-10,15,26H,11-14H2,1H3,(H,29,30). The van der Waals surface area contributed by atoms with Crippen LogP contribution in [0.4, 0.5) is 17.2 Å². The highest BCUT2D eigenvalue weighted by Crippen LogP contribution is 2.29. The van der Waals surface area contributed by atoms with Crippen LogP contribution in [0.3, 0.4) is 0 Å². The van der Waals surface area contributed by atoms with Crippen LogP contribution in [0.25, 0.3) is 0 Å². The van der Waals surface area contributed by atoms with Crippen molar-refractivity contribution >= 4 is 44.8 Å². The molecule has 4 rings (SSSR count). The second kappa shape index (κ2) is 9.29. The number of piperazine rings is 1. The molecule has 33 heavy (non-hydrogen) atoms. The predicted molar refractivity (Wildman–Crippen MR) is 129 cm³/mol. The first kappa shape index (κ1) is 22.9. The maximum atomic E-state index is 12.9. The Bertz CT molecular complexity index is 1280. The van der Waals surface area contributed by atoms with Crippen molar-refractivity contribution in [3.63, 3.8) is 0 Å². The molecule has 1 aliphatic heterocycles. The van der Waals surface area contributed by atoms with Crippen molar-refractivity contribution in [3.8, 4) is 0 Å². The molecule has 1 fully saturated rings. The Morgan fingerprint density at radius 2 is 1.76 bits per heavy atom. The predicted octanol–water partition coefficient (Wildman–Crippen LogP) is 3.87. The number of nitrogens with one attached hydrogen (secondary N) is 1. The zero-order valence-electron chi connectivity index (χ0n) is 17.9. The molecule has 0 saturated carbocycles. The highest BCUT2D eigenvalue weighted by Gasteiger charge is 2.24. The van der Waals surface area contributed by atoms with Gasteiger partial charge in [0.2, 0.25) is 0 Å². The van der Waals surface area contributed by atoms with E-state index in [2.05, 4.69) is 14.6 Å². The third-order valence-corrected chi connectivity index (χ3v) is 7.52. The molecule has 0 bridgehead atoms. The summed E-state index contributed by atoms with van der Waals surface area (Å²) < 4.78 is 28.2. The maximum absolute atomic E-state index is 12.9. The number of aromatic nitrogens is 1. The van der Waals surface area contributed by atoms with Gasteiger partial charge in [0.1, 0.15) is 5.82 Å². The minimum Gasteiger partial charge on any atom is -0.478 e. The molecule has 0 unspecified atom stereocenters. The van der Waals surface area contributed by atoms with Crippen molar-refractivity contribution in [1.29, 1.82) is 0 Å². The molecular formula is C23H23ClN4O4S. The fourth-order valence-electron chi connectivity index (χ4n) is 3.85. The van der Waals surface area contributed by atoms with Crippen LogP contribution in [0.1, 0.15) is 15.9 Å². The molecule has 3 aromatic rings. The van der Waals surface area contributed by atoms with E-state index in [0.717, 1.165) is 5.82 Å². The molecular weight excluding hydrogens is 464 g/mol. The van der Waals surface area contributed by atoms with Gasteiger partial charge in [-0.1, -0.05) is 23.7 Å². The van der Waals surface area contributed by atoms with Crippen LogP contribution in [0.2, 0.25) is 5.02 Å². The van der Waals surface area contributed by atoms with Crippen LogP contribution in [-0.2, 0) is 10.0 Å². The molecule has 0 spiro atoms. The molecule has 0 radical (unpaired) electrons. The quantitative estimate of drug-likeness (QED) is 0.545. The van der Waals surface area contributed by atoms with Gasteiger partial charge in [-0.3, -0.25) is 4.72 Å². The van der Waals surface area contributed by atoms with Crippen molar-refractivity contribution in [2.75, 3.05) is 40.7 Å². The van der Waals surface area contributed by atoms with Crippen LogP contribution in [-0.4, -0.2) is 50.7 Å². The second-order valence-electron chi connectivity index (χ2n) is 7.67. The van der Waals surface area contributed by atoms with E-state index in [4.69, 9.17) is 11.6 Å². The lowest BCUT2D eigenvalue weighted by Crippen LogP contribution is -2.47. The Morgan fingerprint density at radius 1 is 1.03 bits per heavy atom. The van der Waals surface area contributed by atoms with Crippen molar-refractivity contribution in [1.82, 2.24) is 4.98 Å². The summed E-state index contributed by atoms with van der Waals surface area (Å²) in [6.07, 6.45) is 1.74. The molecule has 2 heterocycles. The Labute approximate surface area is 197 Å². The normalized spacial score (nSPS) is 14.2. The summed E-state index contributed by atoms with van der Waals surface area (Å²) in [5.41, 5.74) is 1.17. The minimum atomic E-state index is -3.94. The van der Waals surface area contributed by atoms with Gasteiger partial charge in [0.25, 0.3) is 10.0 Å². The number of rotatable bonds is 6. The van der Waals surface area contributed by atoms with E-state index in [9.17, 15) is 18.3 Å². The van der Waals surface area contributed by atoms with E-state index in [1.807, 2.05) is 23.1 Å². The number of aromatic carboxylic acids is 1. The smallest absolute Gasteiger partial charge is 0.337 e. The number of hydrogen-bond donors (Lipinski definition) is 2. The first-order valence-corrected chi connectivity index (χ1v) is 12.2. The Hall–Kier alpha value is -3.30. The molecule has 2 N–H and O–H groups in total. The molecule has 0 amide bonds. The highest BCUT2D eigenvalue weighted by atomic mass is 35.5. The Morgan fingerprint density at radius 3 is 2.42 bits per heavy atom. The van der Waals surface area contributed by atoms with Gasteiger partial charge in [-0.15, -0.1) is 0 Å². The summed E-state index contributed by atoms with van der Waals surface area (Å²) in [7, 11) is -3.94. The van der Waals surface area contributed by atoms with Crippen LogP contribution < -0.4 is 14.5 Å². The van der Waals surface area contributed by atoms with Gasteiger partial charge in [0.15, 0.2) is 0 Å². The van der Waals surface area contributed by atoms with Gasteiger partial charge in [0.05, 0.1) is 16.1 Å². The maximum Gasteiger partial charge on any atom is 0.337 e. The summed E-state index contributed by atoms with van der Waals surface area (Å²) in [6, 6.07) is 14.9. The van der Waals surface area contributed by atoms with Gasteiger partial charge in [0, 0.05) is 43.1 Å². The molecule has 0 atom stereocenters. The number of pyridine rings is 1. The summed E-state index contributed by atoms with van der Waals surface area (Å²) >= 11 is 6.06. The number of benzene rings is 2. The fourth-order valence-corrected chi connectivity index (χ4v) is 5.40. The van der Waals surface area contributed by atoms with E-state index in [1.54, 1.807) is 37.4 Å². The van der Waals surface area contributed by atoms with Gasteiger partial charge >= 0.3 is 5.97 Å². The lowest BCUT2D eigenvalue weighted by molar-refractivity contribution is 0.0697. The van der Waals surface area contributed by atoms with Crippen LogP contribution >= 0.6 is 11.6 Å². The van der Waals surface area contributed by atoms with Gasteiger partial charge in [-0.05, 0) is 55.0 Å². The Kier molecular flexibility index (Phi) is 6.44. The number of carbonyl (C=O) groups is 1. The fraction of sp³-hybridized carbons (Fsp3) is 0.217. The van der Waals surface area contributed by atoms with E-state index in [-0.39, 0.29) is 16.1 Å². The molecule has 172 valence electrons. The Balaban J connectivity index is 1.55. The largest absolute Gasteiger partial charge is 0.478 e. The molecule has 1 aromatic heterocycles. The van der Waals surface area contributed by atoms with Crippen molar-refractivity contribution in [2.24, 2.45) is 0 Å². The molecule has 10 heteroatoms. The lowest BCUT2D eigenvalue weighted by Gasteiger charge is -2.37. The molecule has 0 aliphatic carbocycles. The lowest BCUT2D eigenvalue weighted by atomic mass is 10.1. The number of halogens is 1. The summed E-state index contributed by atoms with van der Waals surface area (Å²) in [6.45, 7) is 4.23. The molecule has 8 nitrogen and oxygen atoms in total. The molecule has 1 aliphatic rings. The van der Waals surface area contributed by atoms with E-state index >= 15 is 0 Å². The van der Waals surface area contributed by atoms with Gasteiger partial charge in [-0.25, -0.2) is 18.2 Å². The van der Waals surface area contributed by atoms with Crippen LogP contribution in [0, 0.1) is 6.92 Å². The number of anilines is 3. The third-order valence-electron chi connectivity index (χ3n) is 5.58. The number of hydrogen-bond acceptors (Lipinski definition) is 6. The first-order valence-electron chi connectivity index (χ1n) is 10.3. The van der Waals surface area contributed by atoms with E-state index in [0.29, 0.717) is 42.5 Å². The number of sulfonamides is 1. The third kappa shape index (κ3) is 4.89.